The molecule has 0 radical (unpaired) electrons. The van der Waals surface area contributed by atoms with Gasteiger partial charge in [0.2, 0.25) is 5.78 Å². The first-order valence-electron chi connectivity index (χ1n) is 8.44. The Labute approximate surface area is 165 Å². The first-order valence-corrected chi connectivity index (χ1v) is 9.69. The fourth-order valence-corrected chi connectivity index (χ4v) is 4.08. The predicted molar refractivity (Wildman–Crippen MR) is 110 cm³/mol. The summed E-state index contributed by atoms with van der Waals surface area (Å²) in [5.74, 6) is 0.182. The topological polar surface area (TPSA) is 92.7 Å². The molecule has 1 aromatic heterocycles. The van der Waals surface area contributed by atoms with Crippen LogP contribution in [0.3, 0.4) is 0 Å². The standard InChI is InChI=1S/C19H18ClN5OS/c1-19(2,3)16-15(26)14-13(24-25-16)12(17(21)23-14)18-22-11(8-27-18)9-4-6-10(20)7-5-9/h4-8,14,24H,1-3H3,(H2,21,23)/t14-/m0/s1. The van der Waals surface area contributed by atoms with Crippen LogP contribution in [0.4, 0.5) is 0 Å². The zero-order chi connectivity index (χ0) is 19.3. The van der Waals surface area contributed by atoms with Crippen LogP contribution < -0.4 is 11.2 Å². The summed E-state index contributed by atoms with van der Waals surface area (Å²) >= 11 is 7.40. The first-order chi connectivity index (χ1) is 12.8. The average molecular weight is 400 g/mol. The molecule has 0 unspecified atom stereocenters. The summed E-state index contributed by atoms with van der Waals surface area (Å²) in [6.07, 6.45) is 0. The van der Waals surface area contributed by atoms with Crippen LogP contribution in [0.25, 0.3) is 16.8 Å². The van der Waals surface area contributed by atoms with E-state index >= 15 is 0 Å². The molecule has 2 aromatic rings. The number of Topliss-reactive ketones (excluding diaryl/α,β-unsaturated/α-hetero) is 1. The van der Waals surface area contributed by atoms with Gasteiger partial charge in [-0.05, 0) is 12.1 Å². The smallest absolute Gasteiger partial charge is 0.209 e. The van der Waals surface area contributed by atoms with Crippen molar-refractivity contribution in [3.05, 3.63) is 45.4 Å². The van der Waals surface area contributed by atoms with Crippen LogP contribution in [-0.4, -0.2) is 28.4 Å². The molecule has 4 rings (SSSR count). The van der Waals surface area contributed by atoms with E-state index in [1.807, 2.05) is 50.4 Å². The van der Waals surface area contributed by atoms with Crippen molar-refractivity contribution in [2.24, 2.45) is 21.2 Å². The molecule has 2 aliphatic heterocycles. The number of carbonyl (C=O) groups is 1. The second-order valence-electron chi connectivity index (χ2n) is 7.44. The van der Waals surface area contributed by atoms with Gasteiger partial charge in [0.15, 0.2) is 6.04 Å². The number of benzene rings is 1. The summed E-state index contributed by atoms with van der Waals surface area (Å²) in [5, 5.41) is 7.62. The Morgan fingerprint density at radius 2 is 1.93 bits per heavy atom. The molecular weight excluding hydrogens is 382 g/mol. The van der Waals surface area contributed by atoms with Crippen LogP contribution in [0.2, 0.25) is 5.02 Å². The van der Waals surface area contributed by atoms with Gasteiger partial charge in [-0.2, -0.15) is 5.10 Å². The number of fused-ring (bicyclic) bond motifs is 1. The summed E-state index contributed by atoms with van der Waals surface area (Å²) in [4.78, 5) is 21.9. The molecule has 6 nitrogen and oxygen atoms in total. The van der Waals surface area contributed by atoms with Gasteiger partial charge < -0.3 is 5.73 Å². The van der Waals surface area contributed by atoms with Gasteiger partial charge >= 0.3 is 0 Å². The highest BCUT2D eigenvalue weighted by atomic mass is 35.5. The number of hydrogen-bond donors (Lipinski definition) is 2. The first kappa shape index (κ1) is 17.9. The average Bonchev–Trinajstić information content (AvgIpc) is 3.19. The van der Waals surface area contributed by atoms with Crippen molar-refractivity contribution in [2.75, 3.05) is 0 Å². The Morgan fingerprint density at radius 3 is 2.59 bits per heavy atom. The molecule has 1 aromatic carbocycles. The van der Waals surface area contributed by atoms with Gasteiger partial charge in [0.25, 0.3) is 0 Å². The SMILES string of the molecule is CC(C)(C)C1=NNC2=C(c3nc(-c4ccc(Cl)cc4)cs3)C(N)=N[C@@H]2C1=O. The lowest BCUT2D eigenvalue weighted by molar-refractivity contribution is -0.114. The summed E-state index contributed by atoms with van der Waals surface area (Å²) in [6, 6.07) is 6.80. The Kier molecular flexibility index (Phi) is 4.16. The van der Waals surface area contributed by atoms with Crippen molar-refractivity contribution in [1.82, 2.24) is 10.4 Å². The third-order valence-corrected chi connectivity index (χ3v) is 5.52. The van der Waals surface area contributed by atoms with E-state index in [1.54, 1.807) is 0 Å². The van der Waals surface area contributed by atoms with Crippen LogP contribution in [0.15, 0.2) is 45.4 Å². The highest BCUT2D eigenvalue weighted by Gasteiger charge is 2.42. The van der Waals surface area contributed by atoms with Crippen molar-refractivity contribution in [2.45, 2.75) is 26.8 Å². The largest absolute Gasteiger partial charge is 0.383 e. The van der Waals surface area contributed by atoms with E-state index in [4.69, 9.17) is 17.3 Å². The van der Waals surface area contributed by atoms with Crippen molar-refractivity contribution >= 4 is 45.8 Å². The molecule has 0 aliphatic carbocycles. The molecular formula is C19H18ClN5OS. The molecule has 27 heavy (non-hydrogen) atoms. The molecule has 0 fully saturated rings. The molecule has 0 saturated heterocycles. The lowest BCUT2D eigenvalue weighted by atomic mass is 9.84. The normalized spacial score (nSPS) is 19.6. The monoisotopic (exact) mass is 399 g/mol. The number of rotatable bonds is 2. The van der Waals surface area contributed by atoms with Crippen LogP contribution in [-0.2, 0) is 4.79 Å². The number of aliphatic imine (C=N–C) groups is 1. The summed E-state index contributed by atoms with van der Waals surface area (Å²) < 4.78 is 0. The molecule has 0 saturated carbocycles. The van der Waals surface area contributed by atoms with E-state index in [-0.39, 0.29) is 11.2 Å². The van der Waals surface area contributed by atoms with Crippen molar-refractivity contribution in [3.63, 3.8) is 0 Å². The van der Waals surface area contributed by atoms with E-state index in [2.05, 4.69) is 20.5 Å². The number of aromatic nitrogens is 1. The number of amidine groups is 1. The highest BCUT2D eigenvalue weighted by molar-refractivity contribution is 7.11. The van der Waals surface area contributed by atoms with Gasteiger partial charge in [0, 0.05) is 21.4 Å². The summed E-state index contributed by atoms with van der Waals surface area (Å²) in [7, 11) is 0. The molecule has 2 aliphatic rings. The van der Waals surface area contributed by atoms with Crippen molar-refractivity contribution < 1.29 is 4.79 Å². The fraction of sp³-hybridized carbons (Fsp3) is 0.263. The number of halogens is 1. The number of hydrazone groups is 1. The van der Waals surface area contributed by atoms with E-state index < -0.39 is 6.04 Å². The second-order valence-corrected chi connectivity index (χ2v) is 8.73. The number of hydrogen-bond acceptors (Lipinski definition) is 7. The number of thiazole rings is 1. The number of ketones is 1. The molecule has 0 amide bonds. The summed E-state index contributed by atoms with van der Waals surface area (Å²) in [5.41, 5.74) is 12.3. The minimum atomic E-state index is -0.672. The van der Waals surface area contributed by atoms with Gasteiger partial charge in [-0.25, -0.2) is 9.98 Å². The molecule has 1 atom stereocenters. The quantitative estimate of drug-likeness (QED) is 0.808. The number of carbonyl (C=O) groups excluding carboxylic acids is 1. The third kappa shape index (κ3) is 3.07. The lowest BCUT2D eigenvalue weighted by Crippen LogP contribution is -2.43. The number of nitrogens with zero attached hydrogens (tertiary/aromatic N) is 3. The maximum atomic E-state index is 12.8. The third-order valence-electron chi connectivity index (χ3n) is 4.41. The van der Waals surface area contributed by atoms with Crippen molar-refractivity contribution in [3.8, 4) is 11.3 Å². The zero-order valence-corrected chi connectivity index (χ0v) is 16.6. The van der Waals surface area contributed by atoms with Crippen LogP contribution in [0.1, 0.15) is 25.8 Å². The van der Waals surface area contributed by atoms with Crippen LogP contribution in [0, 0.1) is 5.41 Å². The maximum Gasteiger partial charge on any atom is 0.209 e. The molecule has 0 spiro atoms. The molecule has 3 N–H and O–H groups in total. The predicted octanol–water partition coefficient (Wildman–Crippen LogP) is 3.49. The van der Waals surface area contributed by atoms with Crippen LogP contribution in [0.5, 0.6) is 0 Å². The molecule has 138 valence electrons. The Morgan fingerprint density at radius 1 is 1.22 bits per heavy atom. The zero-order valence-electron chi connectivity index (χ0n) is 15.1. The fourth-order valence-electron chi connectivity index (χ4n) is 3.05. The Bertz CT molecular complexity index is 1030. The van der Waals surface area contributed by atoms with Gasteiger partial charge in [0.1, 0.15) is 16.6 Å². The van der Waals surface area contributed by atoms with Gasteiger partial charge in [-0.15, -0.1) is 11.3 Å². The van der Waals surface area contributed by atoms with E-state index in [1.165, 1.54) is 11.3 Å². The van der Waals surface area contributed by atoms with E-state index in [0.717, 1.165) is 11.3 Å². The molecule has 3 heterocycles. The van der Waals surface area contributed by atoms with E-state index in [9.17, 15) is 4.79 Å². The van der Waals surface area contributed by atoms with Gasteiger partial charge in [-0.1, -0.05) is 44.5 Å². The van der Waals surface area contributed by atoms with Crippen LogP contribution >= 0.6 is 22.9 Å². The minimum Gasteiger partial charge on any atom is -0.383 e. The van der Waals surface area contributed by atoms with Gasteiger partial charge in [0.05, 0.1) is 17.0 Å². The molecule has 8 heteroatoms. The maximum absolute atomic E-state index is 12.8. The number of nitrogens with one attached hydrogen (secondary N) is 1. The highest BCUT2D eigenvalue weighted by Crippen LogP contribution is 2.35. The minimum absolute atomic E-state index is 0.122. The summed E-state index contributed by atoms with van der Waals surface area (Å²) in [6.45, 7) is 5.84. The van der Waals surface area contributed by atoms with Crippen molar-refractivity contribution in [1.29, 1.82) is 0 Å². The lowest BCUT2D eigenvalue weighted by Gasteiger charge is -2.26. The number of nitrogens with two attached hydrogens (primary N) is 1. The Hall–Kier alpha value is -2.51. The van der Waals surface area contributed by atoms with Gasteiger partial charge in [-0.3, -0.25) is 10.2 Å². The molecule has 0 bridgehead atoms. The second kappa shape index (κ2) is 6.28. The Balaban J connectivity index is 1.73. The van der Waals surface area contributed by atoms with E-state index in [0.29, 0.717) is 32.8 Å².